The highest BCUT2D eigenvalue weighted by molar-refractivity contribution is 5.97. The first-order valence-corrected chi connectivity index (χ1v) is 14.6. The van der Waals surface area contributed by atoms with Crippen LogP contribution in [0.4, 0.5) is 11.4 Å². The molecule has 4 aromatic carbocycles. The highest BCUT2D eigenvalue weighted by atomic mass is 16.6. The van der Waals surface area contributed by atoms with Crippen LogP contribution in [0.3, 0.4) is 0 Å². The first-order chi connectivity index (χ1) is 20.6. The number of ether oxygens (including phenoxy) is 2. The van der Waals surface area contributed by atoms with Crippen LogP contribution in [0.2, 0.25) is 0 Å². The Bertz CT molecular complexity index is 1620. The summed E-state index contributed by atoms with van der Waals surface area (Å²) in [5, 5.41) is 6.69. The van der Waals surface area contributed by atoms with Gasteiger partial charge in [0.15, 0.2) is 11.5 Å². The second-order valence-corrected chi connectivity index (χ2v) is 11.2. The van der Waals surface area contributed by atoms with Crippen LogP contribution in [0.15, 0.2) is 91.0 Å². The molecule has 7 heteroatoms. The normalized spacial score (nSPS) is 18.7. The van der Waals surface area contributed by atoms with E-state index in [1.54, 1.807) is 4.90 Å². The minimum Gasteiger partial charge on any atom is -0.486 e. The number of benzene rings is 4. The van der Waals surface area contributed by atoms with Gasteiger partial charge in [0.1, 0.15) is 19.3 Å². The number of amides is 2. The summed E-state index contributed by atoms with van der Waals surface area (Å²) >= 11 is 0. The summed E-state index contributed by atoms with van der Waals surface area (Å²) < 4.78 is 11.4. The van der Waals surface area contributed by atoms with Crippen LogP contribution < -0.4 is 20.1 Å². The number of carbonyl (C=O) groups excluding carboxylic acids is 2. The van der Waals surface area contributed by atoms with Crippen molar-refractivity contribution in [3.63, 3.8) is 0 Å². The topological polar surface area (TPSA) is 79.9 Å². The lowest BCUT2D eigenvalue weighted by atomic mass is 9.98. The minimum atomic E-state index is -0.435. The summed E-state index contributed by atoms with van der Waals surface area (Å²) in [5.74, 6) is 1.46. The maximum Gasteiger partial charge on any atom is 0.247 e. The molecule has 0 spiro atoms. The molecular formula is C35H33N3O4. The zero-order valence-corrected chi connectivity index (χ0v) is 23.3. The van der Waals surface area contributed by atoms with Crippen molar-refractivity contribution >= 4 is 23.2 Å². The molecule has 42 heavy (non-hydrogen) atoms. The Kier molecular flexibility index (Phi) is 7.00. The van der Waals surface area contributed by atoms with E-state index in [-0.39, 0.29) is 17.9 Å². The lowest BCUT2D eigenvalue weighted by Gasteiger charge is -2.24. The molecule has 1 fully saturated rings. The first-order valence-electron chi connectivity index (χ1n) is 14.6. The van der Waals surface area contributed by atoms with Crippen molar-refractivity contribution in [1.82, 2.24) is 4.90 Å². The predicted molar refractivity (Wildman–Crippen MR) is 163 cm³/mol. The van der Waals surface area contributed by atoms with Crippen LogP contribution in [-0.4, -0.2) is 42.5 Å². The number of hydrogen-bond acceptors (Lipinski definition) is 5. The van der Waals surface area contributed by atoms with Crippen LogP contribution >= 0.6 is 0 Å². The van der Waals surface area contributed by atoms with Gasteiger partial charge >= 0.3 is 0 Å². The largest absolute Gasteiger partial charge is 0.486 e. The fourth-order valence-corrected chi connectivity index (χ4v) is 6.20. The molecule has 212 valence electrons. The molecule has 4 aromatic rings. The van der Waals surface area contributed by atoms with E-state index in [9.17, 15) is 9.59 Å². The van der Waals surface area contributed by atoms with Crippen molar-refractivity contribution in [2.45, 2.75) is 37.8 Å². The third-order valence-electron chi connectivity index (χ3n) is 8.39. The van der Waals surface area contributed by atoms with Crippen molar-refractivity contribution in [1.29, 1.82) is 0 Å². The third-order valence-corrected chi connectivity index (χ3v) is 8.39. The standard InChI is InChI=1S/C35H33N3O4/c39-34(19-23-5-2-1-3-6-23)38-16-4-7-31(38)35(40)36-28-12-8-24(9-13-28)30-21-27-20-25(10-14-29(27)37-30)26-11-15-32-33(22-26)42-18-17-41-32/h1-3,5-6,8-15,20,22,30-31,37H,4,7,16-19,21H2,(H,36,40)/t30?,31-/m0/s1. The maximum absolute atomic E-state index is 13.2. The number of carbonyl (C=O) groups is 2. The van der Waals surface area contributed by atoms with Crippen LogP contribution in [0, 0.1) is 0 Å². The zero-order valence-electron chi connectivity index (χ0n) is 23.3. The van der Waals surface area contributed by atoms with Gasteiger partial charge in [-0.15, -0.1) is 0 Å². The zero-order chi connectivity index (χ0) is 28.5. The number of fused-ring (bicyclic) bond motifs is 2. The smallest absolute Gasteiger partial charge is 0.247 e. The van der Waals surface area contributed by atoms with Gasteiger partial charge in [-0.25, -0.2) is 0 Å². The van der Waals surface area contributed by atoms with Gasteiger partial charge < -0.3 is 25.0 Å². The van der Waals surface area contributed by atoms with Crippen LogP contribution in [0.25, 0.3) is 11.1 Å². The number of hydrogen-bond donors (Lipinski definition) is 2. The highest BCUT2D eigenvalue weighted by Gasteiger charge is 2.34. The Morgan fingerprint density at radius 3 is 2.45 bits per heavy atom. The molecule has 0 radical (unpaired) electrons. The lowest BCUT2D eigenvalue weighted by molar-refractivity contribution is -0.136. The van der Waals surface area contributed by atoms with Crippen LogP contribution in [-0.2, 0) is 22.4 Å². The molecule has 0 saturated carbocycles. The molecule has 2 amide bonds. The summed E-state index contributed by atoms with van der Waals surface area (Å²) in [6, 6.07) is 30.1. The number of likely N-dealkylation sites (tertiary alicyclic amines) is 1. The molecule has 1 saturated heterocycles. The Balaban J connectivity index is 0.984. The van der Waals surface area contributed by atoms with Gasteiger partial charge in [-0.2, -0.15) is 0 Å². The molecule has 7 rings (SSSR count). The fourth-order valence-electron chi connectivity index (χ4n) is 6.20. The van der Waals surface area contributed by atoms with Gasteiger partial charge in [0.2, 0.25) is 11.8 Å². The Hall–Kier alpha value is -4.78. The molecule has 7 nitrogen and oxygen atoms in total. The molecule has 2 N–H and O–H groups in total. The molecule has 0 aromatic heterocycles. The summed E-state index contributed by atoms with van der Waals surface area (Å²) in [6.07, 6.45) is 2.71. The molecular weight excluding hydrogens is 526 g/mol. The number of anilines is 2. The Morgan fingerprint density at radius 1 is 0.857 bits per heavy atom. The van der Waals surface area contributed by atoms with E-state index >= 15 is 0 Å². The second kappa shape index (κ2) is 11.2. The molecule has 3 aliphatic rings. The van der Waals surface area contributed by atoms with E-state index in [4.69, 9.17) is 9.47 Å². The van der Waals surface area contributed by atoms with E-state index in [0.717, 1.165) is 58.0 Å². The van der Waals surface area contributed by atoms with Gasteiger partial charge in [-0.05, 0) is 83.5 Å². The summed E-state index contributed by atoms with van der Waals surface area (Å²) in [7, 11) is 0. The average Bonchev–Trinajstić information content (AvgIpc) is 3.69. The molecule has 3 heterocycles. The van der Waals surface area contributed by atoms with Gasteiger partial charge in [0.25, 0.3) is 0 Å². The van der Waals surface area contributed by atoms with Crippen molar-refractivity contribution in [2.24, 2.45) is 0 Å². The minimum absolute atomic E-state index is 0.00166. The van der Waals surface area contributed by atoms with Crippen LogP contribution in [0.5, 0.6) is 11.5 Å². The Labute approximate surface area is 245 Å². The summed E-state index contributed by atoms with van der Waals surface area (Å²) in [5.41, 5.74) is 7.52. The van der Waals surface area contributed by atoms with Gasteiger partial charge in [-0.1, -0.05) is 54.6 Å². The van der Waals surface area contributed by atoms with E-state index in [1.165, 1.54) is 5.56 Å². The highest BCUT2D eigenvalue weighted by Crippen LogP contribution is 2.39. The second-order valence-electron chi connectivity index (χ2n) is 11.2. The van der Waals surface area contributed by atoms with Gasteiger partial charge in [0.05, 0.1) is 12.5 Å². The van der Waals surface area contributed by atoms with E-state index in [2.05, 4.69) is 47.0 Å². The monoisotopic (exact) mass is 559 g/mol. The average molecular weight is 560 g/mol. The van der Waals surface area contributed by atoms with Gasteiger partial charge in [0, 0.05) is 17.9 Å². The van der Waals surface area contributed by atoms with Crippen molar-refractivity contribution in [2.75, 3.05) is 30.4 Å². The van der Waals surface area contributed by atoms with Gasteiger partial charge in [-0.3, -0.25) is 9.59 Å². The molecule has 0 bridgehead atoms. The SMILES string of the molecule is O=C(Nc1ccc(C2Cc3cc(-c4ccc5c(c4)OCCO5)ccc3N2)cc1)[C@@H]1CCCN1C(=O)Cc1ccccc1. The van der Waals surface area contributed by atoms with Crippen molar-refractivity contribution in [3.8, 4) is 22.6 Å². The summed E-state index contributed by atoms with van der Waals surface area (Å²) in [4.78, 5) is 27.9. The number of nitrogens with zero attached hydrogens (tertiary/aromatic N) is 1. The van der Waals surface area contributed by atoms with E-state index in [0.29, 0.717) is 32.6 Å². The van der Waals surface area contributed by atoms with E-state index in [1.807, 2.05) is 54.6 Å². The molecule has 2 atom stereocenters. The Morgan fingerprint density at radius 2 is 1.62 bits per heavy atom. The van der Waals surface area contributed by atoms with Crippen molar-refractivity contribution in [3.05, 3.63) is 108 Å². The molecule has 0 aliphatic carbocycles. The maximum atomic E-state index is 13.2. The first kappa shape index (κ1) is 26.1. The third kappa shape index (κ3) is 5.30. The van der Waals surface area contributed by atoms with Crippen LogP contribution in [0.1, 0.15) is 35.6 Å². The molecule has 1 unspecified atom stereocenters. The van der Waals surface area contributed by atoms with E-state index < -0.39 is 6.04 Å². The summed E-state index contributed by atoms with van der Waals surface area (Å²) in [6.45, 7) is 1.77. The van der Waals surface area contributed by atoms with Crippen molar-refractivity contribution < 1.29 is 19.1 Å². The predicted octanol–water partition coefficient (Wildman–Crippen LogP) is 6.01. The number of rotatable bonds is 6. The quantitative estimate of drug-likeness (QED) is 0.303. The molecule has 3 aliphatic heterocycles. The lowest BCUT2D eigenvalue weighted by Crippen LogP contribution is -2.43. The number of nitrogens with one attached hydrogen (secondary N) is 2. The fraction of sp³-hybridized carbons (Fsp3) is 0.257.